The molecule has 0 aliphatic heterocycles. The molecule has 0 aliphatic rings. The van der Waals surface area contributed by atoms with Crippen molar-refractivity contribution in [1.82, 2.24) is 0 Å². The quantitative estimate of drug-likeness (QED) is 0.155. The maximum absolute atomic E-state index is 10.9. The van der Waals surface area contributed by atoms with Gasteiger partial charge in [0.15, 0.2) is 11.5 Å². The summed E-state index contributed by atoms with van der Waals surface area (Å²) in [6.07, 6.45) is 3.22. The number of thiophene rings is 1. The molecule has 0 spiro atoms. The van der Waals surface area contributed by atoms with Crippen LogP contribution in [-0.4, -0.2) is 28.5 Å². The molecule has 4 nitrogen and oxygen atoms in total. The number of rotatable bonds is 10. The lowest BCUT2D eigenvalue weighted by Crippen LogP contribution is -2.24. The topological polar surface area (TPSA) is 69.9 Å². The van der Waals surface area contributed by atoms with Crippen LogP contribution in [0.4, 0.5) is 0 Å². The van der Waals surface area contributed by atoms with Crippen LogP contribution in [0.5, 0.6) is 11.5 Å². The number of allylic oxidation sites excluding steroid dienone is 1. The van der Waals surface area contributed by atoms with Crippen LogP contribution >= 0.6 is 33.9 Å². The molecule has 1 aromatic heterocycles. The van der Waals surface area contributed by atoms with Crippen molar-refractivity contribution in [2.45, 2.75) is 25.0 Å². The number of phenols is 1. The molecule has 1 heterocycles. The van der Waals surface area contributed by atoms with Crippen molar-refractivity contribution in [2.24, 2.45) is 5.92 Å². The van der Waals surface area contributed by atoms with Crippen molar-refractivity contribution in [2.75, 3.05) is 7.11 Å². The summed E-state index contributed by atoms with van der Waals surface area (Å²) in [5.41, 5.74) is 2.99. The monoisotopic (exact) mass is 562 g/mol. The molecule has 0 saturated carbocycles. The van der Waals surface area contributed by atoms with Crippen LogP contribution in [-0.2, 0) is 0 Å². The summed E-state index contributed by atoms with van der Waals surface area (Å²) >= 11 is 3.55. The second-order valence-corrected chi connectivity index (χ2v) is 9.61. The summed E-state index contributed by atoms with van der Waals surface area (Å²) in [5, 5.41) is 33.7. The van der Waals surface area contributed by atoms with Gasteiger partial charge in [0.2, 0.25) is 0 Å². The minimum Gasteiger partial charge on any atom is -0.504 e. The van der Waals surface area contributed by atoms with E-state index >= 15 is 0 Å². The first-order valence-electron chi connectivity index (χ1n) is 10.3. The Morgan fingerprint density at radius 3 is 2.53 bits per heavy atom. The van der Waals surface area contributed by atoms with Crippen molar-refractivity contribution < 1.29 is 20.1 Å². The average molecular weight is 562 g/mol. The van der Waals surface area contributed by atoms with Gasteiger partial charge in [-0.25, -0.2) is 0 Å². The maximum Gasteiger partial charge on any atom is 0.171 e. The van der Waals surface area contributed by atoms with Crippen LogP contribution in [0.1, 0.15) is 34.9 Å². The molecule has 6 heteroatoms. The van der Waals surface area contributed by atoms with Gasteiger partial charge in [0.25, 0.3) is 0 Å². The second-order valence-electron chi connectivity index (χ2n) is 7.47. The second kappa shape index (κ2) is 11.7. The predicted octanol–water partition coefficient (Wildman–Crippen LogP) is 6.28. The highest BCUT2D eigenvalue weighted by Crippen LogP contribution is 2.35. The molecule has 0 amide bonds. The Morgan fingerprint density at radius 2 is 1.91 bits per heavy atom. The lowest BCUT2D eigenvalue weighted by molar-refractivity contribution is 0.0343. The van der Waals surface area contributed by atoms with E-state index in [1.165, 1.54) is 18.4 Å². The van der Waals surface area contributed by atoms with E-state index in [4.69, 9.17) is 4.74 Å². The van der Waals surface area contributed by atoms with E-state index < -0.39 is 18.1 Å². The SMILES string of the molecule is C=C[C@H]([C@H](O)CC/C(=C/c1cc(I)c(O)c(OC)c1)c1ccccc1)[C@H](O)c1cccs1. The number of hydrogen-bond donors (Lipinski definition) is 3. The summed E-state index contributed by atoms with van der Waals surface area (Å²) in [6, 6.07) is 17.4. The molecule has 0 bridgehead atoms. The maximum atomic E-state index is 10.9. The minimum absolute atomic E-state index is 0.123. The zero-order valence-corrected chi connectivity index (χ0v) is 20.8. The molecule has 32 heavy (non-hydrogen) atoms. The molecular weight excluding hydrogens is 535 g/mol. The Labute approximate surface area is 206 Å². The summed E-state index contributed by atoms with van der Waals surface area (Å²) < 4.78 is 6.00. The third kappa shape index (κ3) is 6.01. The van der Waals surface area contributed by atoms with E-state index in [2.05, 4.69) is 29.2 Å². The Morgan fingerprint density at radius 1 is 1.16 bits per heavy atom. The fraction of sp³-hybridized carbons (Fsp3) is 0.231. The molecule has 3 atom stereocenters. The molecule has 0 aliphatic carbocycles. The van der Waals surface area contributed by atoms with Gasteiger partial charge in [-0.1, -0.05) is 48.6 Å². The van der Waals surface area contributed by atoms with Crippen molar-refractivity contribution in [3.8, 4) is 11.5 Å². The summed E-state index contributed by atoms with van der Waals surface area (Å²) in [7, 11) is 1.53. The highest BCUT2D eigenvalue weighted by atomic mass is 127. The fourth-order valence-corrected chi connectivity index (χ4v) is 5.02. The fourth-order valence-electron chi connectivity index (χ4n) is 3.63. The highest BCUT2D eigenvalue weighted by Gasteiger charge is 2.26. The van der Waals surface area contributed by atoms with Gasteiger partial charge < -0.3 is 20.1 Å². The number of phenolic OH excluding ortho intramolecular Hbond substituents is 1. The van der Waals surface area contributed by atoms with Crippen LogP contribution in [0.3, 0.4) is 0 Å². The molecule has 0 radical (unpaired) electrons. The van der Waals surface area contributed by atoms with Gasteiger partial charge in [-0.2, -0.15) is 0 Å². The predicted molar refractivity (Wildman–Crippen MR) is 140 cm³/mol. The van der Waals surface area contributed by atoms with E-state index in [9.17, 15) is 15.3 Å². The lowest BCUT2D eigenvalue weighted by Gasteiger charge is -2.24. The molecule has 3 rings (SSSR count). The molecule has 0 fully saturated rings. The van der Waals surface area contributed by atoms with Gasteiger partial charge in [0.05, 0.1) is 22.9 Å². The number of hydrogen-bond acceptors (Lipinski definition) is 5. The highest BCUT2D eigenvalue weighted by molar-refractivity contribution is 14.1. The molecule has 3 aromatic rings. The Balaban J connectivity index is 1.85. The van der Waals surface area contributed by atoms with Gasteiger partial charge in [-0.05, 0) is 75.7 Å². The van der Waals surface area contributed by atoms with E-state index in [1.807, 2.05) is 60.0 Å². The van der Waals surface area contributed by atoms with Gasteiger partial charge in [-0.15, -0.1) is 17.9 Å². The van der Waals surface area contributed by atoms with Crippen LogP contribution in [0, 0.1) is 9.49 Å². The minimum atomic E-state index is -0.783. The Bertz CT molecular complexity index is 1050. The zero-order valence-electron chi connectivity index (χ0n) is 17.8. The smallest absolute Gasteiger partial charge is 0.171 e. The average Bonchev–Trinajstić information content (AvgIpc) is 3.35. The number of aliphatic hydroxyl groups excluding tert-OH is 2. The van der Waals surface area contributed by atoms with E-state index in [1.54, 1.807) is 12.1 Å². The molecule has 0 unspecified atom stereocenters. The zero-order chi connectivity index (χ0) is 23.1. The van der Waals surface area contributed by atoms with Crippen LogP contribution in [0.15, 0.2) is 72.6 Å². The van der Waals surface area contributed by atoms with Gasteiger partial charge in [0, 0.05) is 10.8 Å². The number of methoxy groups -OCH3 is 1. The van der Waals surface area contributed by atoms with Gasteiger partial charge in [0.1, 0.15) is 0 Å². The van der Waals surface area contributed by atoms with Gasteiger partial charge >= 0.3 is 0 Å². The number of halogens is 1. The first-order chi connectivity index (χ1) is 15.4. The number of benzene rings is 2. The van der Waals surface area contributed by atoms with Crippen molar-refractivity contribution in [3.05, 3.63) is 92.2 Å². The molecule has 168 valence electrons. The summed E-state index contributed by atoms with van der Waals surface area (Å²) in [4.78, 5) is 0.818. The third-order valence-electron chi connectivity index (χ3n) is 5.38. The van der Waals surface area contributed by atoms with Crippen LogP contribution in [0.2, 0.25) is 0 Å². The molecule has 3 N–H and O–H groups in total. The van der Waals surface area contributed by atoms with E-state index in [-0.39, 0.29) is 5.75 Å². The number of aliphatic hydroxyl groups is 2. The summed E-state index contributed by atoms with van der Waals surface area (Å²) in [5.74, 6) is 0.0834. The van der Waals surface area contributed by atoms with Crippen LogP contribution in [0.25, 0.3) is 11.6 Å². The molecule has 2 aromatic carbocycles. The standard InChI is InChI=1S/C26H27IO4S/c1-3-20(25(29)24-10-7-13-32-24)22(28)12-11-19(18-8-5-4-6-9-18)14-17-15-21(27)26(30)23(16-17)31-2/h3-10,13-16,20,22,25,28-30H,1,11-12H2,2H3/b19-14-/t20-,22-,25+/m1/s1. The van der Waals surface area contributed by atoms with Crippen LogP contribution < -0.4 is 4.74 Å². The first kappa shape index (κ1) is 24.5. The largest absolute Gasteiger partial charge is 0.504 e. The third-order valence-corrected chi connectivity index (χ3v) is 7.15. The van der Waals surface area contributed by atoms with E-state index in [0.717, 1.165) is 21.6 Å². The number of aromatic hydroxyl groups is 1. The normalized spacial score (nSPS) is 14.6. The van der Waals surface area contributed by atoms with Crippen molar-refractivity contribution in [1.29, 1.82) is 0 Å². The van der Waals surface area contributed by atoms with Gasteiger partial charge in [-0.3, -0.25) is 0 Å². The lowest BCUT2D eigenvalue weighted by atomic mass is 9.89. The molecule has 0 saturated heterocycles. The summed E-state index contributed by atoms with van der Waals surface area (Å²) in [6.45, 7) is 3.83. The van der Waals surface area contributed by atoms with Crippen molar-refractivity contribution in [3.63, 3.8) is 0 Å². The van der Waals surface area contributed by atoms with Crippen molar-refractivity contribution >= 4 is 45.6 Å². The Kier molecular flexibility index (Phi) is 8.92. The molecular formula is C26H27IO4S. The Hall–Kier alpha value is -2.13. The number of ether oxygens (including phenoxy) is 1. The van der Waals surface area contributed by atoms with E-state index in [0.29, 0.717) is 22.2 Å². The first-order valence-corrected chi connectivity index (χ1v) is 12.2.